The number of hydrogen-bond acceptors (Lipinski definition) is 7. The number of nitrogens with one attached hydrogen (secondary N) is 1. The summed E-state index contributed by atoms with van der Waals surface area (Å²) in [5, 5.41) is 20.3. The van der Waals surface area contributed by atoms with Crippen molar-refractivity contribution >= 4 is 24.1 Å². The predicted molar refractivity (Wildman–Crippen MR) is 93.0 cm³/mol. The summed E-state index contributed by atoms with van der Waals surface area (Å²) in [7, 11) is 0. The van der Waals surface area contributed by atoms with E-state index in [2.05, 4.69) is 12.2 Å². The summed E-state index contributed by atoms with van der Waals surface area (Å²) in [6, 6.07) is 0. The van der Waals surface area contributed by atoms with Crippen molar-refractivity contribution in [1.82, 2.24) is 15.1 Å². The largest absolute Gasteiger partial charge is 0.480 e. The van der Waals surface area contributed by atoms with Crippen molar-refractivity contribution in [2.45, 2.75) is 19.8 Å². The molecule has 10 nitrogen and oxygen atoms in total. The first-order valence-corrected chi connectivity index (χ1v) is 8.55. The predicted octanol–water partition coefficient (Wildman–Crippen LogP) is -1.11. The van der Waals surface area contributed by atoms with E-state index in [0.29, 0.717) is 26.0 Å². The van der Waals surface area contributed by atoms with Crippen LogP contribution >= 0.6 is 0 Å². The Morgan fingerprint density at radius 2 is 1.62 bits per heavy atom. The van der Waals surface area contributed by atoms with Crippen molar-refractivity contribution in [3.05, 3.63) is 0 Å². The van der Waals surface area contributed by atoms with E-state index in [1.165, 1.54) is 9.80 Å². The van der Waals surface area contributed by atoms with Crippen molar-refractivity contribution in [1.29, 1.82) is 0 Å². The van der Waals surface area contributed by atoms with Crippen LogP contribution in [0, 0.1) is 0 Å². The summed E-state index contributed by atoms with van der Waals surface area (Å²) in [4.78, 5) is 46.9. The molecule has 0 fully saturated rings. The Morgan fingerprint density at radius 3 is 2.15 bits per heavy atom. The van der Waals surface area contributed by atoms with Crippen LogP contribution in [0.1, 0.15) is 19.8 Å². The van der Waals surface area contributed by atoms with E-state index in [1.807, 2.05) is 0 Å². The standard InChI is InChI=1S/C16H29N3O7/c1-2-3-9-26-10-4-17-14(21)11-18(7-8-20)5-6-19(12-15(22)23)13-16(24)25/h8H,2-7,9-13H2,1H3,(H,17,21)(H,22,23)(H,24,25). The van der Waals surface area contributed by atoms with E-state index in [4.69, 9.17) is 14.9 Å². The third kappa shape index (κ3) is 14.3. The number of aldehydes is 1. The number of hydrogen-bond donors (Lipinski definition) is 3. The minimum atomic E-state index is -1.14. The summed E-state index contributed by atoms with van der Waals surface area (Å²) >= 11 is 0. The SMILES string of the molecule is CCCCOCCNC(=O)CN(CC=O)CCN(CC(=O)O)CC(=O)O. The van der Waals surface area contributed by atoms with E-state index < -0.39 is 25.0 Å². The van der Waals surface area contributed by atoms with E-state index in [-0.39, 0.29) is 32.1 Å². The number of nitrogens with zero attached hydrogens (tertiary/aromatic N) is 2. The fourth-order valence-electron chi connectivity index (χ4n) is 2.09. The van der Waals surface area contributed by atoms with Gasteiger partial charge in [-0.3, -0.25) is 24.2 Å². The average molecular weight is 375 g/mol. The van der Waals surface area contributed by atoms with Gasteiger partial charge >= 0.3 is 11.9 Å². The number of carboxylic acid groups (broad SMARTS) is 2. The molecule has 150 valence electrons. The molecule has 0 spiro atoms. The lowest BCUT2D eigenvalue weighted by atomic mass is 10.3. The summed E-state index contributed by atoms with van der Waals surface area (Å²) in [5.74, 6) is -2.57. The molecule has 0 rings (SSSR count). The molecule has 3 N–H and O–H groups in total. The lowest BCUT2D eigenvalue weighted by molar-refractivity contribution is -0.142. The average Bonchev–Trinajstić information content (AvgIpc) is 2.54. The molecule has 0 unspecified atom stereocenters. The third-order valence-corrected chi connectivity index (χ3v) is 3.36. The first-order valence-electron chi connectivity index (χ1n) is 8.55. The van der Waals surface area contributed by atoms with E-state index in [9.17, 15) is 19.2 Å². The normalized spacial score (nSPS) is 10.9. The topological polar surface area (TPSA) is 136 Å². The van der Waals surface area contributed by atoms with Gasteiger partial charge in [-0.2, -0.15) is 0 Å². The highest BCUT2D eigenvalue weighted by atomic mass is 16.5. The number of unbranched alkanes of at least 4 members (excludes halogenated alkanes) is 1. The van der Waals surface area contributed by atoms with Crippen LogP contribution in [0.3, 0.4) is 0 Å². The molecule has 0 aromatic rings. The smallest absolute Gasteiger partial charge is 0.317 e. The third-order valence-electron chi connectivity index (χ3n) is 3.36. The zero-order chi connectivity index (χ0) is 19.8. The van der Waals surface area contributed by atoms with Crippen LogP contribution in [0.2, 0.25) is 0 Å². The van der Waals surface area contributed by atoms with Crippen LogP contribution in [0.4, 0.5) is 0 Å². The number of aliphatic carboxylic acids is 2. The summed E-state index contributed by atoms with van der Waals surface area (Å²) in [5.41, 5.74) is 0. The molecule has 10 heteroatoms. The highest BCUT2D eigenvalue weighted by Crippen LogP contribution is 1.93. The Balaban J connectivity index is 4.26. The van der Waals surface area contributed by atoms with E-state index >= 15 is 0 Å². The molecule has 0 atom stereocenters. The highest BCUT2D eigenvalue weighted by molar-refractivity contribution is 5.78. The van der Waals surface area contributed by atoms with E-state index in [1.54, 1.807) is 0 Å². The maximum Gasteiger partial charge on any atom is 0.317 e. The Hall–Kier alpha value is -2.04. The first kappa shape index (κ1) is 24.0. The van der Waals surface area contributed by atoms with Crippen molar-refractivity contribution in [3.8, 4) is 0 Å². The van der Waals surface area contributed by atoms with Gasteiger partial charge in [0.2, 0.25) is 5.91 Å². The molecule has 26 heavy (non-hydrogen) atoms. The van der Waals surface area contributed by atoms with Crippen LogP contribution < -0.4 is 5.32 Å². The second-order valence-corrected chi connectivity index (χ2v) is 5.72. The maximum absolute atomic E-state index is 11.9. The summed E-state index contributed by atoms with van der Waals surface area (Å²) in [6.45, 7) is 2.88. The molecule has 1 amide bonds. The molecule has 0 aliphatic carbocycles. The van der Waals surface area contributed by atoms with Gasteiger partial charge in [0.05, 0.1) is 32.8 Å². The van der Waals surface area contributed by atoms with Crippen LogP contribution in [0.5, 0.6) is 0 Å². The maximum atomic E-state index is 11.9. The van der Waals surface area contributed by atoms with Crippen molar-refractivity contribution in [3.63, 3.8) is 0 Å². The van der Waals surface area contributed by atoms with Crippen molar-refractivity contribution < 1.29 is 34.1 Å². The molecule has 0 radical (unpaired) electrons. The summed E-state index contributed by atoms with van der Waals surface area (Å²) in [6.07, 6.45) is 2.64. The Labute approximate surface area is 153 Å². The van der Waals surface area contributed by atoms with Gasteiger partial charge in [0.25, 0.3) is 0 Å². The Bertz CT molecular complexity index is 430. The van der Waals surface area contributed by atoms with Gasteiger partial charge < -0.3 is 25.1 Å². The van der Waals surface area contributed by atoms with E-state index in [0.717, 1.165) is 12.8 Å². The van der Waals surface area contributed by atoms with Crippen LogP contribution in [0.15, 0.2) is 0 Å². The highest BCUT2D eigenvalue weighted by Gasteiger charge is 2.16. The van der Waals surface area contributed by atoms with Gasteiger partial charge in [-0.15, -0.1) is 0 Å². The van der Waals surface area contributed by atoms with Gasteiger partial charge in [0.1, 0.15) is 6.29 Å². The molecular formula is C16H29N3O7. The molecule has 0 heterocycles. The second kappa shape index (κ2) is 15.2. The fraction of sp³-hybridized carbons (Fsp3) is 0.750. The minimum absolute atomic E-state index is 0.00555. The molecule has 0 aliphatic rings. The minimum Gasteiger partial charge on any atom is -0.480 e. The second-order valence-electron chi connectivity index (χ2n) is 5.72. The number of ether oxygens (including phenoxy) is 1. The van der Waals surface area contributed by atoms with Gasteiger partial charge in [0, 0.05) is 26.2 Å². The Morgan fingerprint density at radius 1 is 1.00 bits per heavy atom. The zero-order valence-electron chi connectivity index (χ0n) is 15.2. The van der Waals surface area contributed by atoms with Gasteiger partial charge in [-0.05, 0) is 6.42 Å². The lowest BCUT2D eigenvalue weighted by Gasteiger charge is -2.24. The van der Waals surface area contributed by atoms with Gasteiger partial charge in [0.15, 0.2) is 0 Å². The molecular weight excluding hydrogens is 346 g/mol. The van der Waals surface area contributed by atoms with Crippen molar-refractivity contribution in [2.75, 3.05) is 59.0 Å². The number of carbonyl (C=O) groups is 4. The molecule has 0 saturated heterocycles. The van der Waals surface area contributed by atoms with Crippen molar-refractivity contribution in [2.24, 2.45) is 0 Å². The number of carboxylic acids is 2. The summed E-state index contributed by atoms with van der Waals surface area (Å²) < 4.78 is 5.33. The van der Waals surface area contributed by atoms with Gasteiger partial charge in [-0.25, -0.2) is 0 Å². The van der Waals surface area contributed by atoms with Crippen LogP contribution in [-0.2, 0) is 23.9 Å². The van der Waals surface area contributed by atoms with Crippen LogP contribution in [0.25, 0.3) is 0 Å². The molecule has 0 aromatic carbocycles. The number of carbonyl (C=O) groups excluding carboxylic acids is 2. The number of amides is 1. The molecule has 0 aromatic heterocycles. The Kier molecular flexibility index (Phi) is 14.0. The first-order chi connectivity index (χ1) is 12.4. The van der Waals surface area contributed by atoms with Crippen LogP contribution in [-0.4, -0.2) is 103 Å². The molecule has 0 aliphatic heterocycles. The lowest BCUT2D eigenvalue weighted by Crippen LogP contribution is -2.44. The molecule has 0 bridgehead atoms. The number of rotatable bonds is 17. The quantitative estimate of drug-likeness (QED) is 0.213. The fourth-order valence-corrected chi connectivity index (χ4v) is 2.09. The molecule has 0 saturated carbocycles. The monoisotopic (exact) mass is 375 g/mol. The van der Waals surface area contributed by atoms with Gasteiger partial charge in [-0.1, -0.05) is 13.3 Å². The zero-order valence-corrected chi connectivity index (χ0v) is 15.2.